The van der Waals surface area contributed by atoms with E-state index < -0.39 is 0 Å². The molecule has 0 aromatic heterocycles. The van der Waals surface area contributed by atoms with Crippen LogP contribution >= 0.6 is 31.9 Å². The molecule has 0 heterocycles. The van der Waals surface area contributed by atoms with Gasteiger partial charge in [-0.25, -0.2) is 0 Å². The molecule has 0 N–H and O–H groups in total. The molecule has 4 aliphatic rings. The molecule has 4 fully saturated rings. The van der Waals surface area contributed by atoms with E-state index in [9.17, 15) is 9.59 Å². The van der Waals surface area contributed by atoms with Gasteiger partial charge in [0.1, 0.15) is 5.78 Å². The standard InChI is InChI=1S/C13H12Br2O2/c1-4-7-8-6-2-5(10(8)15)9(11(4)16)13(6,3-14)12(7)17/h5-10H,1-3H2/t5-,6-,7+,8+,9+,10-,13+/m1/s1. The highest BCUT2D eigenvalue weighted by molar-refractivity contribution is 9.09. The number of Topliss-reactive ketones (excluding diaryl/α,β-unsaturated/α-hetero) is 2. The molecule has 0 unspecified atom stereocenters. The van der Waals surface area contributed by atoms with Gasteiger partial charge in [0.05, 0.1) is 11.3 Å². The summed E-state index contributed by atoms with van der Waals surface area (Å²) in [6.07, 6.45) is 1.04. The Morgan fingerprint density at radius 3 is 2.76 bits per heavy atom. The van der Waals surface area contributed by atoms with Gasteiger partial charge in [0.25, 0.3) is 0 Å². The summed E-state index contributed by atoms with van der Waals surface area (Å²) in [5, 5.41) is 0.649. The van der Waals surface area contributed by atoms with E-state index in [2.05, 4.69) is 38.4 Å². The maximum absolute atomic E-state index is 12.7. The first-order valence-corrected chi connectivity index (χ1v) is 8.06. The van der Waals surface area contributed by atoms with Crippen molar-refractivity contribution >= 4 is 43.4 Å². The van der Waals surface area contributed by atoms with Gasteiger partial charge in [-0.15, -0.1) is 0 Å². The zero-order valence-corrected chi connectivity index (χ0v) is 12.3. The lowest BCUT2D eigenvalue weighted by molar-refractivity contribution is -0.140. The largest absolute Gasteiger partial charge is 0.298 e. The predicted octanol–water partition coefficient (Wildman–Crippen LogP) is 2.35. The van der Waals surface area contributed by atoms with E-state index in [4.69, 9.17) is 0 Å². The fourth-order valence-electron chi connectivity index (χ4n) is 5.21. The molecular formula is C13H12Br2O2. The number of carbonyl (C=O) groups is 2. The van der Waals surface area contributed by atoms with E-state index in [1.807, 2.05) is 0 Å². The summed E-state index contributed by atoms with van der Waals surface area (Å²) in [4.78, 5) is 25.5. The third-order valence-electron chi connectivity index (χ3n) is 5.73. The lowest BCUT2D eigenvalue weighted by Crippen LogP contribution is -2.49. The third kappa shape index (κ3) is 0.849. The average molecular weight is 360 g/mol. The molecule has 0 aliphatic heterocycles. The third-order valence-corrected chi connectivity index (χ3v) is 7.95. The second-order valence-electron chi connectivity index (χ2n) is 5.91. The van der Waals surface area contributed by atoms with Crippen molar-refractivity contribution in [2.75, 3.05) is 5.33 Å². The van der Waals surface area contributed by atoms with Gasteiger partial charge < -0.3 is 0 Å². The Bertz CT molecular complexity index is 486. The molecule has 4 bridgehead atoms. The number of carbonyl (C=O) groups excluding carboxylic acids is 2. The minimum atomic E-state index is -0.386. The van der Waals surface area contributed by atoms with Crippen LogP contribution < -0.4 is 0 Å². The van der Waals surface area contributed by atoms with Crippen LogP contribution in [-0.4, -0.2) is 21.7 Å². The quantitative estimate of drug-likeness (QED) is 0.532. The van der Waals surface area contributed by atoms with Crippen molar-refractivity contribution < 1.29 is 9.59 Å². The van der Waals surface area contributed by atoms with Crippen LogP contribution in [0.2, 0.25) is 0 Å². The Hall–Kier alpha value is 0.0400. The zero-order valence-electron chi connectivity index (χ0n) is 9.16. The molecule has 0 aromatic rings. The Kier molecular flexibility index (Phi) is 1.90. The normalized spacial score (nSPS) is 58.6. The zero-order chi connectivity index (χ0) is 12.1. The number of ketones is 2. The molecule has 0 saturated heterocycles. The van der Waals surface area contributed by atoms with Crippen LogP contribution in [0, 0.1) is 35.0 Å². The Labute approximate surface area is 116 Å². The topological polar surface area (TPSA) is 34.1 Å². The summed E-state index contributed by atoms with van der Waals surface area (Å²) >= 11 is 7.26. The van der Waals surface area contributed by atoms with Crippen LogP contribution in [0.25, 0.3) is 0 Å². The Morgan fingerprint density at radius 2 is 2.12 bits per heavy atom. The Balaban J connectivity index is 2.03. The molecule has 17 heavy (non-hydrogen) atoms. The SMILES string of the molecule is C=C1C(=O)[C@@H]2[C@H]3C[C@@H]4[C@@H]([C@H]1C(=O)[C@@]42CBr)[C@@H]3Br. The van der Waals surface area contributed by atoms with Gasteiger partial charge >= 0.3 is 0 Å². The minimum Gasteiger partial charge on any atom is -0.298 e. The number of rotatable bonds is 1. The molecular weight excluding hydrogens is 348 g/mol. The van der Waals surface area contributed by atoms with Crippen molar-refractivity contribution in [2.45, 2.75) is 11.2 Å². The van der Waals surface area contributed by atoms with Crippen molar-refractivity contribution in [2.24, 2.45) is 35.0 Å². The highest BCUT2D eigenvalue weighted by atomic mass is 79.9. The number of hydrogen-bond acceptors (Lipinski definition) is 2. The van der Waals surface area contributed by atoms with Crippen LogP contribution in [0.15, 0.2) is 12.2 Å². The van der Waals surface area contributed by atoms with Gasteiger partial charge in [0, 0.05) is 16.1 Å². The van der Waals surface area contributed by atoms with Gasteiger partial charge in [0.15, 0.2) is 5.78 Å². The second-order valence-corrected chi connectivity index (χ2v) is 7.53. The molecule has 2 nitrogen and oxygen atoms in total. The van der Waals surface area contributed by atoms with Gasteiger partial charge in [-0.1, -0.05) is 38.4 Å². The van der Waals surface area contributed by atoms with Gasteiger partial charge in [-0.05, 0) is 29.7 Å². The monoisotopic (exact) mass is 358 g/mol. The van der Waals surface area contributed by atoms with E-state index >= 15 is 0 Å². The first-order valence-electron chi connectivity index (χ1n) is 6.03. The van der Waals surface area contributed by atoms with Gasteiger partial charge in [0.2, 0.25) is 0 Å². The van der Waals surface area contributed by atoms with Crippen LogP contribution in [0.3, 0.4) is 0 Å². The van der Waals surface area contributed by atoms with E-state index in [1.54, 1.807) is 0 Å². The van der Waals surface area contributed by atoms with Gasteiger partial charge in [-0.3, -0.25) is 9.59 Å². The maximum atomic E-state index is 12.7. The van der Waals surface area contributed by atoms with E-state index in [-0.39, 0.29) is 23.0 Å². The van der Waals surface area contributed by atoms with Crippen molar-refractivity contribution in [3.05, 3.63) is 12.2 Å². The highest BCUT2D eigenvalue weighted by Gasteiger charge is 2.79. The fourth-order valence-corrected chi connectivity index (χ4v) is 7.45. The van der Waals surface area contributed by atoms with Crippen LogP contribution in [0.4, 0.5) is 0 Å². The van der Waals surface area contributed by atoms with E-state index in [1.165, 1.54) is 0 Å². The number of alkyl halides is 2. The van der Waals surface area contributed by atoms with Gasteiger partial charge in [-0.2, -0.15) is 0 Å². The maximum Gasteiger partial charge on any atom is 0.163 e. The lowest BCUT2D eigenvalue weighted by atomic mass is 9.64. The van der Waals surface area contributed by atoms with Crippen molar-refractivity contribution in [3.63, 3.8) is 0 Å². The molecule has 4 aliphatic carbocycles. The molecule has 4 rings (SSSR count). The molecule has 90 valence electrons. The first-order chi connectivity index (χ1) is 8.05. The van der Waals surface area contributed by atoms with Crippen molar-refractivity contribution in [3.8, 4) is 0 Å². The van der Waals surface area contributed by atoms with Crippen molar-refractivity contribution in [1.29, 1.82) is 0 Å². The number of allylic oxidation sites excluding steroid dienone is 1. The number of halogens is 2. The second kappa shape index (κ2) is 2.96. The molecule has 0 aromatic carbocycles. The summed E-state index contributed by atoms with van der Waals surface area (Å²) in [5.41, 5.74) is 0.207. The predicted molar refractivity (Wildman–Crippen MR) is 70.2 cm³/mol. The molecule has 0 radical (unpaired) electrons. The molecule has 4 heteroatoms. The van der Waals surface area contributed by atoms with E-state index in [0.717, 1.165) is 6.42 Å². The summed E-state index contributed by atoms with van der Waals surface area (Å²) in [6, 6.07) is 0. The van der Waals surface area contributed by atoms with Crippen LogP contribution in [0.1, 0.15) is 6.42 Å². The lowest BCUT2D eigenvalue weighted by Gasteiger charge is -2.39. The summed E-state index contributed by atoms with van der Waals surface area (Å²) in [6.45, 7) is 3.91. The average Bonchev–Trinajstić information content (AvgIpc) is 2.83. The molecule has 4 saturated carbocycles. The van der Waals surface area contributed by atoms with E-state index in [0.29, 0.717) is 39.3 Å². The summed E-state index contributed by atoms with van der Waals surface area (Å²) in [7, 11) is 0. The fraction of sp³-hybridized carbons (Fsp3) is 0.692. The Morgan fingerprint density at radius 1 is 1.41 bits per heavy atom. The number of hydrogen-bond donors (Lipinski definition) is 0. The molecule has 7 atom stereocenters. The summed E-state index contributed by atoms with van der Waals surface area (Å²) < 4.78 is 0. The molecule has 0 amide bonds. The van der Waals surface area contributed by atoms with Crippen LogP contribution in [-0.2, 0) is 9.59 Å². The van der Waals surface area contributed by atoms with Crippen LogP contribution in [0.5, 0.6) is 0 Å². The number of fused-ring (bicyclic) bond motifs is 4. The smallest absolute Gasteiger partial charge is 0.163 e. The molecule has 0 spiro atoms. The first kappa shape index (κ1) is 10.9. The highest BCUT2D eigenvalue weighted by Crippen LogP contribution is 2.75. The van der Waals surface area contributed by atoms with Crippen molar-refractivity contribution in [1.82, 2.24) is 0 Å². The minimum absolute atomic E-state index is 0.105. The summed E-state index contributed by atoms with van der Waals surface area (Å²) in [5.74, 6) is 1.23.